The van der Waals surface area contributed by atoms with Gasteiger partial charge in [0.25, 0.3) is 0 Å². The maximum atomic E-state index is 12.2. The number of rotatable bonds is 2. The first-order valence-electron chi connectivity index (χ1n) is 7.02. The number of carbonyl (C=O) groups is 1. The molecule has 2 aromatic rings. The minimum Gasteiger partial charge on any atom is -0.398 e. The molecule has 0 fully saturated rings. The number of nitrogens with one attached hydrogen (secondary N) is 1. The molecular weight excluding hydrogens is 264 g/mol. The van der Waals surface area contributed by atoms with Gasteiger partial charge in [0, 0.05) is 37.7 Å². The van der Waals surface area contributed by atoms with Crippen molar-refractivity contribution in [2.24, 2.45) is 0 Å². The molecule has 3 rings (SSSR count). The molecule has 5 heteroatoms. The SMILES string of the molecule is Nc1cccc2c1CCN(C(=O)NCc1cccnc1)C2. The molecule has 0 saturated heterocycles. The molecule has 1 aromatic heterocycles. The van der Waals surface area contributed by atoms with Crippen molar-refractivity contribution in [3.05, 3.63) is 59.4 Å². The van der Waals surface area contributed by atoms with E-state index in [9.17, 15) is 4.79 Å². The third-order valence-corrected chi connectivity index (χ3v) is 3.76. The second-order valence-electron chi connectivity index (χ2n) is 5.18. The molecule has 3 N–H and O–H groups in total. The molecule has 1 aromatic carbocycles. The molecule has 1 aliphatic heterocycles. The van der Waals surface area contributed by atoms with Crippen molar-refractivity contribution in [1.82, 2.24) is 15.2 Å². The smallest absolute Gasteiger partial charge is 0.317 e. The number of nitrogens with two attached hydrogens (primary N) is 1. The summed E-state index contributed by atoms with van der Waals surface area (Å²) in [5.74, 6) is 0. The van der Waals surface area contributed by atoms with Crippen LogP contribution in [-0.2, 0) is 19.5 Å². The zero-order chi connectivity index (χ0) is 14.7. The highest BCUT2D eigenvalue weighted by molar-refractivity contribution is 5.74. The van der Waals surface area contributed by atoms with Crippen LogP contribution in [0.4, 0.5) is 10.5 Å². The number of amides is 2. The van der Waals surface area contributed by atoms with Gasteiger partial charge >= 0.3 is 6.03 Å². The largest absolute Gasteiger partial charge is 0.398 e. The fourth-order valence-electron chi connectivity index (χ4n) is 2.60. The van der Waals surface area contributed by atoms with E-state index in [-0.39, 0.29) is 6.03 Å². The Bertz CT molecular complexity index is 642. The number of urea groups is 1. The summed E-state index contributed by atoms with van der Waals surface area (Å²) in [5, 5.41) is 2.93. The van der Waals surface area contributed by atoms with E-state index in [0.717, 1.165) is 23.2 Å². The van der Waals surface area contributed by atoms with Gasteiger partial charge in [-0.25, -0.2) is 4.79 Å². The predicted molar refractivity (Wildman–Crippen MR) is 81.4 cm³/mol. The van der Waals surface area contributed by atoms with E-state index in [2.05, 4.69) is 10.3 Å². The van der Waals surface area contributed by atoms with Crippen molar-refractivity contribution >= 4 is 11.7 Å². The molecule has 0 spiro atoms. The number of fused-ring (bicyclic) bond motifs is 1. The van der Waals surface area contributed by atoms with Crippen LogP contribution in [0.3, 0.4) is 0 Å². The molecule has 2 amide bonds. The zero-order valence-electron chi connectivity index (χ0n) is 11.7. The van der Waals surface area contributed by atoms with Gasteiger partial charge in [0.1, 0.15) is 0 Å². The first-order chi connectivity index (χ1) is 10.2. The zero-order valence-corrected chi connectivity index (χ0v) is 11.7. The van der Waals surface area contributed by atoms with Gasteiger partial charge in [-0.15, -0.1) is 0 Å². The van der Waals surface area contributed by atoms with Crippen molar-refractivity contribution in [1.29, 1.82) is 0 Å². The Kier molecular flexibility index (Phi) is 3.73. The summed E-state index contributed by atoms with van der Waals surface area (Å²) in [7, 11) is 0. The van der Waals surface area contributed by atoms with Gasteiger partial charge in [0.2, 0.25) is 0 Å². The van der Waals surface area contributed by atoms with Crippen LogP contribution >= 0.6 is 0 Å². The summed E-state index contributed by atoms with van der Waals surface area (Å²) in [5.41, 5.74) is 10.1. The van der Waals surface area contributed by atoms with Crippen LogP contribution in [0, 0.1) is 0 Å². The average Bonchev–Trinajstić information content (AvgIpc) is 2.53. The van der Waals surface area contributed by atoms with E-state index in [1.807, 2.05) is 35.2 Å². The van der Waals surface area contributed by atoms with Crippen LogP contribution in [0.5, 0.6) is 0 Å². The van der Waals surface area contributed by atoms with Crippen molar-refractivity contribution < 1.29 is 4.79 Å². The Labute approximate surface area is 123 Å². The van der Waals surface area contributed by atoms with Crippen LogP contribution in [-0.4, -0.2) is 22.5 Å². The Balaban J connectivity index is 1.62. The molecule has 2 heterocycles. The van der Waals surface area contributed by atoms with E-state index >= 15 is 0 Å². The maximum absolute atomic E-state index is 12.2. The number of hydrogen-bond acceptors (Lipinski definition) is 3. The molecule has 0 bridgehead atoms. The van der Waals surface area contributed by atoms with E-state index < -0.39 is 0 Å². The van der Waals surface area contributed by atoms with Crippen LogP contribution in [0.1, 0.15) is 16.7 Å². The third-order valence-electron chi connectivity index (χ3n) is 3.76. The molecule has 0 radical (unpaired) electrons. The number of carbonyl (C=O) groups excluding carboxylic acids is 1. The lowest BCUT2D eigenvalue weighted by Gasteiger charge is -2.29. The minimum absolute atomic E-state index is 0.0491. The molecule has 5 nitrogen and oxygen atoms in total. The summed E-state index contributed by atoms with van der Waals surface area (Å²) in [6.07, 6.45) is 4.28. The van der Waals surface area contributed by atoms with Gasteiger partial charge in [0.15, 0.2) is 0 Å². The lowest BCUT2D eigenvalue weighted by molar-refractivity contribution is 0.192. The van der Waals surface area contributed by atoms with Crippen molar-refractivity contribution in [3.8, 4) is 0 Å². The average molecular weight is 282 g/mol. The first-order valence-corrected chi connectivity index (χ1v) is 7.02. The summed E-state index contributed by atoms with van der Waals surface area (Å²) in [4.78, 5) is 18.1. The fourth-order valence-corrected chi connectivity index (χ4v) is 2.60. The minimum atomic E-state index is -0.0491. The Hall–Kier alpha value is -2.56. The summed E-state index contributed by atoms with van der Waals surface area (Å²) in [6, 6.07) is 9.64. The number of anilines is 1. The Morgan fingerprint density at radius 1 is 1.33 bits per heavy atom. The second-order valence-corrected chi connectivity index (χ2v) is 5.18. The Morgan fingerprint density at radius 2 is 2.24 bits per heavy atom. The highest BCUT2D eigenvalue weighted by Crippen LogP contribution is 2.23. The highest BCUT2D eigenvalue weighted by Gasteiger charge is 2.21. The van der Waals surface area contributed by atoms with E-state index in [1.54, 1.807) is 12.4 Å². The van der Waals surface area contributed by atoms with Gasteiger partial charge in [0.05, 0.1) is 0 Å². The number of benzene rings is 1. The van der Waals surface area contributed by atoms with E-state index in [4.69, 9.17) is 5.73 Å². The van der Waals surface area contributed by atoms with Crippen molar-refractivity contribution in [3.63, 3.8) is 0 Å². The molecule has 1 aliphatic rings. The lowest BCUT2D eigenvalue weighted by atomic mass is 9.98. The van der Waals surface area contributed by atoms with Gasteiger partial charge in [-0.1, -0.05) is 18.2 Å². The normalized spacial score (nSPS) is 13.6. The molecule has 0 aliphatic carbocycles. The topological polar surface area (TPSA) is 71.2 Å². The predicted octanol–water partition coefficient (Wildman–Crippen LogP) is 1.93. The fraction of sp³-hybridized carbons (Fsp3) is 0.250. The van der Waals surface area contributed by atoms with Crippen LogP contribution in [0.25, 0.3) is 0 Å². The van der Waals surface area contributed by atoms with Crippen molar-refractivity contribution in [2.75, 3.05) is 12.3 Å². The van der Waals surface area contributed by atoms with Gasteiger partial charge in [-0.3, -0.25) is 4.98 Å². The van der Waals surface area contributed by atoms with Crippen LogP contribution in [0.2, 0.25) is 0 Å². The summed E-state index contributed by atoms with van der Waals surface area (Å²) in [6.45, 7) is 1.80. The molecule has 21 heavy (non-hydrogen) atoms. The molecular formula is C16H18N4O. The van der Waals surface area contributed by atoms with Crippen LogP contribution in [0.15, 0.2) is 42.7 Å². The van der Waals surface area contributed by atoms with Gasteiger partial charge < -0.3 is 16.0 Å². The monoisotopic (exact) mass is 282 g/mol. The number of hydrogen-bond donors (Lipinski definition) is 2. The quantitative estimate of drug-likeness (QED) is 0.827. The number of aromatic nitrogens is 1. The number of nitrogens with zero attached hydrogens (tertiary/aromatic N) is 2. The van der Waals surface area contributed by atoms with Crippen LogP contribution < -0.4 is 11.1 Å². The number of nitrogen functional groups attached to an aromatic ring is 1. The van der Waals surface area contributed by atoms with E-state index in [0.29, 0.717) is 19.6 Å². The maximum Gasteiger partial charge on any atom is 0.317 e. The standard InChI is InChI=1S/C16H18N4O/c17-15-5-1-4-13-11-20(8-6-14(13)15)16(21)19-10-12-3-2-7-18-9-12/h1-5,7,9H,6,8,10-11,17H2,(H,19,21). The molecule has 0 atom stereocenters. The van der Waals surface area contributed by atoms with E-state index in [1.165, 1.54) is 5.56 Å². The van der Waals surface area contributed by atoms with Gasteiger partial charge in [-0.05, 0) is 35.2 Å². The Morgan fingerprint density at radius 3 is 3.05 bits per heavy atom. The number of pyridine rings is 1. The summed E-state index contributed by atoms with van der Waals surface area (Å²) < 4.78 is 0. The first kappa shape index (κ1) is 13.4. The molecule has 0 unspecified atom stereocenters. The second kappa shape index (κ2) is 5.83. The molecule has 108 valence electrons. The van der Waals surface area contributed by atoms with Crippen molar-refractivity contribution in [2.45, 2.75) is 19.5 Å². The highest BCUT2D eigenvalue weighted by atomic mass is 16.2. The van der Waals surface area contributed by atoms with Gasteiger partial charge in [-0.2, -0.15) is 0 Å². The third kappa shape index (κ3) is 2.97. The summed E-state index contributed by atoms with van der Waals surface area (Å²) >= 11 is 0. The molecule has 0 saturated carbocycles. The lowest BCUT2D eigenvalue weighted by Crippen LogP contribution is -2.42.